The number of hydrogen-bond donors (Lipinski definition) is 2. The van der Waals surface area contributed by atoms with E-state index in [0.717, 1.165) is 16.5 Å². The number of carbonyl (C=O) groups excluding carboxylic acids is 3. The van der Waals surface area contributed by atoms with Crippen molar-refractivity contribution in [2.45, 2.75) is 20.4 Å². The molecule has 0 aliphatic heterocycles. The molecule has 0 atom stereocenters. The second-order valence-electron chi connectivity index (χ2n) is 6.49. The molecule has 2 N–H and O–H groups in total. The molecule has 3 aromatic rings. The van der Waals surface area contributed by atoms with Crippen LogP contribution in [0.1, 0.15) is 29.8 Å². The van der Waals surface area contributed by atoms with Crippen molar-refractivity contribution in [3.05, 3.63) is 65.9 Å². The number of fused-ring (bicyclic) bond motifs is 1. The number of ether oxygens (including phenoxy) is 1. The number of carbonyl (C=O) groups is 3. The molecule has 30 heavy (non-hydrogen) atoms. The number of amides is 2. The first-order valence-corrected chi connectivity index (χ1v) is 9.42. The number of nitrogens with zero attached hydrogens (tertiary/aromatic N) is 2. The van der Waals surface area contributed by atoms with E-state index < -0.39 is 0 Å². The lowest BCUT2D eigenvalue weighted by atomic mass is 10.2. The zero-order chi connectivity index (χ0) is 21.5. The summed E-state index contributed by atoms with van der Waals surface area (Å²) in [6.07, 6.45) is 3.33. The smallest absolute Gasteiger partial charge is 0.325 e. The molecule has 0 radical (unpaired) electrons. The number of esters is 1. The summed E-state index contributed by atoms with van der Waals surface area (Å²) < 4.78 is 6.81. The van der Waals surface area contributed by atoms with Crippen LogP contribution in [0.2, 0.25) is 0 Å². The first-order chi connectivity index (χ1) is 14.5. The Bertz CT molecular complexity index is 1100. The third kappa shape index (κ3) is 5.11. The van der Waals surface area contributed by atoms with Gasteiger partial charge in [0.2, 0.25) is 5.91 Å². The zero-order valence-corrected chi connectivity index (χ0v) is 16.7. The summed E-state index contributed by atoms with van der Waals surface area (Å²) in [6.45, 7) is 3.60. The Balaban J connectivity index is 1.72. The maximum atomic E-state index is 12.3. The molecule has 0 saturated heterocycles. The van der Waals surface area contributed by atoms with E-state index in [1.807, 2.05) is 24.3 Å². The van der Waals surface area contributed by atoms with Gasteiger partial charge in [-0.25, -0.2) is 5.43 Å². The van der Waals surface area contributed by atoms with Crippen LogP contribution in [0.5, 0.6) is 0 Å². The second-order valence-corrected chi connectivity index (χ2v) is 6.49. The van der Waals surface area contributed by atoms with Crippen molar-refractivity contribution >= 4 is 40.6 Å². The molecule has 0 saturated carbocycles. The summed E-state index contributed by atoms with van der Waals surface area (Å²) in [4.78, 5) is 35.2. The largest absolute Gasteiger partial charge is 0.465 e. The highest BCUT2D eigenvalue weighted by molar-refractivity contribution is 6.01. The van der Waals surface area contributed by atoms with E-state index in [0.29, 0.717) is 17.9 Å². The topological polar surface area (TPSA) is 102 Å². The summed E-state index contributed by atoms with van der Waals surface area (Å²) >= 11 is 0. The number of rotatable bonds is 7. The number of hydrazone groups is 1. The Kier molecular flexibility index (Phi) is 6.59. The van der Waals surface area contributed by atoms with Crippen molar-refractivity contribution in [1.82, 2.24) is 9.99 Å². The second kappa shape index (κ2) is 9.51. The molecule has 1 aromatic heterocycles. The number of nitrogens with one attached hydrogen (secondary N) is 2. The van der Waals surface area contributed by atoms with Gasteiger partial charge in [-0.3, -0.25) is 14.4 Å². The van der Waals surface area contributed by atoms with E-state index >= 15 is 0 Å². The molecule has 8 nitrogen and oxygen atoms in total. The van der Waals surface area contributed by atoms with Gasteiger partial charge in [0.15, 0.2) is 0 Å². The van der Waals surface area contributed by atoms with Gasteiger partial charge in [-0.2, -0.15) is 5.10 Å². The van der Waals surface area contributed by atoms with Crippen LogP contribution in [-0.4, -0.2) is 35.2 Å². The summed E-state index contributed by atoms with van der Waals surface area (Å²) in [6, 6.07) is 14.1. The summed E-state index contributed by atoms with van der Waals surface area (Å²) in [5.41, 5.74) is 5.13. The monoisotopic (exact) mass is 406 g/mol. The number of anilines is 1. The van der Waals surface area contributed by atoms with Crippen LogP contribution in [0.3, 0.4) is 0 Å². The molecule has 0 aliphatic rings. The SMILES string of the molecule is CCOC(=O)Cn1cc(/C=N\NC(=O)c2ccc(NC(C)=O)cc2)c2ccccc21. The van der Waals surface area contributed by atoms with Gasteiger partial charge < -0.3 is 14.6 Å². The van der Waals surface area contributed by atoms with Crippen molar-refractivity contribution in [3.63, 3.8) is 0 Å². The molecule has 154 valence electrons. The fourth-order valence-corrected chi connectivity index (χ4v) is 2.99. The van der Waals surface area contributed by atoms with E-state index in [9.17, 15) is 14.4 Å². The van der Waals surface area contributed by atoms with E-state index in [1.165, 1.54) is 13.1 Å². The molecular weight excluding hydrogens is 384 g/mol. The Morgan fingerprint density at radius 1 is 1.10 bits per heavy atom. The van der Waals surface area contributed by atoms with Crippen LogP contribution in [0.4, 0.5) is 5.69 Å². The lowest BCUT2D eigenvalue weighted by molar-refractivity contribution is -0.143. The molecule has 0 bridgehead atoms. The third-order valence-corrected chi connectivity index (χ3v) is 4.26. The van der Waals surface area contributed by atoms with Crippen LogP contribution < -0.4 is 10.7 Å². The third-order valence-electron chi connectivity index (χ3n) is 4.26. The van der Waals surface area contributed by atoms with Crippen LogP contribution in [-0.2, 0) is 20.9 Å². The highest BCUT2D eigenvalue weighted by atomic mass is 16.5. The normalized spacial score (nSPS) is 10.9. The molecule has 3 rings (SSSR count). The van der Waals surface area contributed by atoms with Crippen LogP contribution in [0.15, 0.2) is 59.8 Å². The highest BCUT2D eigenvalue weighted by Crippen LogP contribution is 2.20. The first kappa shape index (κ1) is 20.8. The predicted molar refractivity (Wildman–Crippen MR) is 114 cm³/mol. The molecule has 2 amide bonds. The molecular formula is C22H22N4O4. The van der Waals surface area contributed by atoms with E-state index in [2.05, 4.69) is 15.8 Å². The lowest BCUT2D eigenvalue weighted by Gasteiger charge is -2.04. The van der Waals surface area contributed by atoms with Crippen molar-refractivity contribution in [2.75, 3.05) is 11.9 Å². The Hall–Kier alpha value is -3.94. The van der Waals surface area contributed by atoms with Crippen molar-refractivity contribution in [1.29, 1.82) is 0 Å². The predicted octanol–water partition coefficient (Wildman–Crippen LogP) is 2.93. The van der Waals surface area contributed by atoms with Gasteiger partial charge in [0.05, 0.1) is 12.8 Å². The lowest BCUT2D eigenvalue weighted by Crippen LogP contribution is -2.17. The van der Waals surface area contributed by atoms with Gasteiger partial charge in [-0.1, -0.05) is 18.2 Å². The van der Waals surface area contributed by atoms with Crippen molar-refractivity contribution in [3.8, 4) is 0 Å². The standard InChI is InChI=1S/C22H22N4O4/c1-3-30-21(28)14-26-13-17(19-6-4-5-7-20(19)26)12-23-25-22(29)16-8-10-18(11-9-16)24-15(2)27/h4-13H,3,14H2,1-2H3,(H,24,27)(H,25,29)/b23-12-. The van der Waals surface area contributed by atoms with E-state index in [1.54, 1.807) is 42.0 Å². The van der Waals surface area contributed by atoms with Crippen LogP contribution in [0, 0.1) is 0 Å². The van der Waals surface area contributed by atoms with Crippen molar-refractivity contribution < 1.29 is 19.1 Å². The fraction of sp³-hybridized carbons (Fsp3) is 0.182. The summed E-state index contributed by atoms with van der Waals surface area (Å²) in [5, 5.41) is 7.59. The van der Waals surface area contributed by atoms with Crippen LogP contribution in [0.25, 0.3) is 10.9 Å². The quantitative estimate of drug-likeness (QED) is 0.358. The summed E-state index contributed by atoms with van der Waals surface area (Å²) in [5.74, 6) is -0.882. The van der Waals surface area contributed by atoms with E-state index in [-0.39, 0.29) is 24.3 Å². The minimum Gasteiger partial charge on any atom is -0.465 e. The van der Waals surface area contributed by atoms with Gasteiger partial charge in [0, 0.05) is 40.8 Å². The molecule has 0 aliphatic carbocycles. The Morgan fingerprint density at radius 2 is 1.83 bits per heavy atom. The maximum Gasteiger partial charge on any atom is 0.325 e. The number of aromatic nitrogens is 1. The van der Waals surface area contributed by atoms with Crippen molar-refractivity contribution in [2.24, 2.45) is 5.10 Å². The van der Waals surface area contributed by atoms with Gasteiger partial charge in [0.1, 0.15) is 6.54 Å². The minimum atomic E-state index is -0.379. The molecule has 0 fully saturated rings. The molecule has 1 heterocycles. The highest BCUT2D eigenvalue weighted by Gasteiger charge is 2.11. The molecule has 2 aromatic carbocycles. The average molecular weight is 406 g/mol. The Labute approximate surface area is 173 Å². The molecule has 0 spiro atoms. The van der Waals surface area contributed by atoms with Crippen LogP contribution >= 0.6 is 0 Å². The fourth-order valence-electron chi connectivity index (χ4n) is 2.99. The molecule has 0 unspecified atom stereocenters. The number of benzene rings is 2. The average Bonchev–Trinajstić information content (AvgIpc) is 3.06. The van der Waals surface area contributed by atoms with Gasteiger partial charge in [-0.15, -0.1) is 0 Å². The maximum absolute atomic E-state index is 12.3. The summed E-state index contributed by atoms with van der Waals surface area (Å²) in [7, 11) is 0. The zero-order valence-electron chi connectivity index (χ0n) is 16.7. The minimum absolute atomic E-state index is 0.0925. The van der Waals surface area contributed by atoms with Gasteiger partial charge in [-0.05, 0) is 37.3 Å². The number of hydrogen-bond acceptors (Lipinski definition) is 5. The Morgan fingerprint density at radius 3 is 2.53 bits per heavy atom. The number of para-hydroxylation sites is 1. The van der Waals surface area contributed by atoms with Gasteiger partial charge in [0.25, 0.3) is 5.91 Å². The van der Waals surface area contributed by atoms with Gasteiger partial charge >= 0.3 is 5.97 Å². The molecule has 8 heteroatoms. The first-order valence-electron chi connectivity index (χ1n) is 9.42. The van der Waals surface area contributed by atoms with E-state index in [4.69, 9.17) is 4.74 Å².